The second-order valence-electron chi connectivity index (χ2n) is 4.34. The number of hydrogen-bond donors (Lipinski definition) is 1. The Bertz CT molecular complexity index is 718. The summed E-state index contributed by atoms with van der Waals surface area (Å²) in [5.74, 6) is -1.84. The molecular formula is C16H13BrFNO3. The van der Waals surface area contributed by atoms with Crippen LogP contribution in [0.5, 0.6) is 0 Å². The number of hydrogen-bond acceptors (Lipinski definition) is 3. The third-order valence-corrected chi connectivity index (χ3v) is 3.34. The molecular weight excluding hydrogens is 353 g/mol. The minimum Gasteiger partial charge on any atom is -0.462 e. The van der Waals surface area contributed by atoms with Gasteiger partial charge in [-0.15, -0.1) is 0 Å². The highest BCUT2D eigenvalue weighted by Crippen LogP contribution is 2.20. The van der Waals surface area contributed by atoms with Crippen molar-refractivity contribution < 1.29 is 18.7 Å². The number of nitrogens with one attached hydrogen (secondary N) is 1. The summed E-state index contributed by atoms with van der Waals surface area (Å²) < 4.78 is 19.3. The van der Waals surface area contributed by atoms with Crippen LogP contribution in [0.1, 0.15) is 27.6 Å². The van der Waals surface area contributed by atoms with E-state index in [0.29, 0.717) is 4.47 Å². The molecule has 0 heterocycles. The highest BCUT2D eigenvalue weighted by Gasteiger charge is 2.17. The van der Waals surface area contributed by atoms with Crippen LogP contribution in [-0.2, 0) is 4.74 Å². The molecule has 0 aromatic heterocycles. The number of halogens is 2. The third kappa shape index (κ3) is 3.71. The summed E-state index contributed by atoms with van der Waals surface area (Å²) in [6, 6.07) is 10.5. The number of carbonyl (C=O) groups excluding carboxylic acids is 2. The molecule has 2 aromatic carbocycles. The SMILES string of the molecule is CCOC(=O)c1ccccc1NC(=O)c1ccc(Br)cc1F. The Kier molecular flexibility index (Phi) is 5.27. The molecule has 6 heteroatoms. The van der Waals surface area contributed by atoms with Crippen molar-refractivity contribution in [1.82, 2.24) is 0 Å². The quantitative estimate of drug-likeness (QED) is 0.832. The van der Waals surface area contributed by atoms with Gasteiger partial charge in [0.05, 0.1) is 23.4 Å². The lowest BCUT2D eigenvalue weighted by molar-refractivity contribution is 0.0527. The van der Waals surface area contributed by atoms with Gasteiger partial charge in [-0.1, -0.05) is 28.1 Å². The monoisotopic (exact) mass is 365 g/mol. The number of anilines is 1. The van der Waals surface area contributed by atoms with Gasteiger partial charge in [-0.3, -0.25) is 4.79 Å². The summed E-state index contributed by atoms with van der Waals surface area (Å²) >= 11 is 3.13. The van der Waals surface area contributed by atoms with E-state index in [4.69, 9.17) is 4.74 Å². The first-order valence-electron chi connectivity index (χ1n) is 6.55. The predicted molar refractivity (Wildman–Crippen MR) is 84.5 cm³/mol. The van der Waals surface area contributed by atoms with E-state index in [-0.39, 0.29) is 23.4 Å². The minimum absolute atomic E-state index is 0.109. The summed E-state index contributed by atoms with van der Waals surface area (Å²) in [4.78, 5) is 24.0. The van der Waals surface area contributed by atoms with E-state index in [0.717, 1.165) is 0 Å². The first-order chi connectivity index (χ1) is 10.5. The number of amides is 1. The van der Waals surface area contributed by atoms with E-state index < -0.39 is 17.7 Å². The Hall–Kier alpha value is -2.21. The molecule has 2 aromatic rings. The maximum Gasteiger partial charge on any atom is 0.340 e. The lowest BCUT2D eigenvalue weighted by Crippen LogP contribution is -2.17. The molecule has 0 spiro atoms. The molecule has 22 heavy (non-hydrogen) atoms. The maximum atomic E-state index is 13.8. The van der Waals surface area contributed by atoms with Crippen LogP contribution in [0.3, 0.4) is 0 Å². The van der Waals surface area contributed by atoms with Gasteiger partial charge in [-0.05, 0) is 37.3 Å². The summed E-state index contributed by atoms with van der Waals surface area (Å²) in [6.45, 7) is 1.92. The predicted octanol–water partition coefficient (Wildman–Crippen LogP) is 4.02. The second-order valence-corrected chi connectivity index (χ2v) is 5.26. The maximum absolute atomic E-state index is 13.8. The highest BCUT2D eigenvalue weighted by atomic mass is 79.9. The van der Waals surface area contributed by atoms with Crippen molar-refractivity contribution in [3.63, 3.8) is 0 Å². The largest absolute Gasteiger partial charge is 0.462 e. The molecule has 0 bridgehead atoms. The summed E-state index contributed by atoms with van der Waals surface area (Å²) in [7, 11) is 0. The molecule has 1 N–H and O–H groups in total. The van der Waals surface area contributed by atoms with Gasteiger partial charge in [-0.25, -0.2) is 9.18 Å². The zero-order valence-corrected chi connectivity index (χ0v) is 13.3. The van der Waals surface area contributed by atoms with Gasteiger partial charge in [-0.2, -0.15) is 0 Å². The van der Waals surface area contributed by atoms with Crippen LogP contribution in [0.2, 0.25) is 0 Å². The van der Waals surface area contributed by atoms with Crippen LogP contribution in [0.25, 0.3) is 0 Å². The van der Waals surface area contributed by atoms with Crippen molar-refractivity contribution in [3.8, 4) is 0 Å². The molecule has 2 rings (SSSR count). The van der Waals surface area contributed by atoms with E-state index in [1.807, 2.05) is 0 Å². The Labute approximate surface area is 135 Å². The molecule has 4 nitrogen and oxygen atoms in total. The third-order valence-electron chi connectivity index (χ3n) is 2.85. The average molecular weight is 366 g/mol. The molecule has 0 saturated heterocycles. The Morgan fingerprint density at radius 1 is 1.18 bits per heavy atom. The van der Waals surface area contributed by atoms with E-state index in [9.17, 15) is 14.0 Å². The van der Waals surface area contributed by atoms with Crippen LogP contribution in [-0.4, -0.2) is 18.5 Å². The van der Waals surface area contributed by atoms with Gasteiger partial charge < -0.3 is 10.1 Å². The Morgan fingerprint density at radius 2 is 1.91 bits per heavy atom. The molecule has 1 amide bonds. The molecule has 0 aliphatic heterocycles. The van der Waals surface area contributed by atoms with Gasteiger partial charge in [0, 0.05) is 4.47 Å². The number of ether oxygens (including phenoxy) is 1. The second kappa shape index (κ2) is 7.17. The highest BCUT2D eigenvalue weighted by molar-refractivity contribution is 9.10. The smallest absolute Gasteiger partial charge is 0.340 e. The number of esters is 1. The van der Waals surface area contributed by atoms with Crippen LogP contribution in [0.15, 0.2) is 46.9 Å². The molecule has 114 valence electrons. The topological polar surface area (TPSA) is 55.4 Å². The van der Waals surface area contributed by atoms with Crippen LogP contribution in [0.4, 0.5) is 10.1 Å². The minimum atomic E-state index is -0.652. The van der Waals surface area contributed by atoms with Crippen molar-refractivity contribution in [3.05, 3.63) is 63.9 Å². The van der Waals surface area contributed by atoms with Crippen LogP contribution >= 0.6 is 15.9 Å². The van der Waals surface area contributed by atoms with Crippen molar-refractivity contribution in [2.45, 2.75) is 6.92 Å². The van der Waals surface area contributed by atoms with Crippen LogP contribution in [0, 0.1) is 5.82 Å². The standard InChI is InChI=1S/C16H13BrFNO3/c1-2-22-16(21)12-5-3-4-6-14(12)19-15(20)11-8-7-10(17)9-13(11)18/h3-9H,2H2,1H3,(H,19,20). The normalized spacial score (nSPS) is 10.1. The van der Waals surface area contributed by atoms with E-state index in [1.165, 1.54) is 18.2 Å². The molecule has 0 unspecified atom stereocenters. The zero-order chi connectivity index (χ0) is 16.1. The fourth-order valence-electron chi connectivity index (χ4n) is 1.84. The average Bonchev–Trinajstić information content (AvgIpc) is 2.47. The van der Waals surface area contributed by atoms with Crippen LogP contribution < -0.4 is 5.32 Å². The number of para-hydroxylation sites is 1. The van der Waals surface area contributed by atoms with Gasteiger partial charge in [0.25, 0.3) is 5.91 Å². The Balaban J connectivity index is 2.27. The summed E-state index contributed by atoms with van der Waals surface area (Å²) in [5, 5.41) is 2.53. The lowest BCUT2D eigenvalue weighted by Gasteiger charge is -2.10. The van der Waals surface area contributed by atoms with Crippen molar-refractivity contribution in [1.29, 1.82) is 0 Å². The van der Waals surface area contributed by atoms with Gasteiger partial charge in [0.2, 0.25) is 0 Å². The van der Waals surface area contributed by atoms with E-state index in [1.54, 1.807) is 31.2 Å². The molecule has 0 fully saturated rings. The Morgan fingerprint density at radius 3 is 2.59 bits per heavy atom. The fraction of sp³-hybridized carbons (Fsp3) is 0.125. The zero-order valence-electron chi connectivity index (χ0n) is 11.7. The fourth-order valence-corrected chi connectivity index (χ4v) is 2.18. The van der Waals surface area contributed by atoms with E-state index in [2.05, 4.69) is 21.2 Å². The summed E-state index contributed by atoms with van der Waals surface area (Å²) in [5.41, 5.74) is 0.380. The van der Waals surface area contributed by atoms with E-state index >= 15 is 0 Å². The number of carbonyl (C=O) groups is 2. The summed E-state index contributed by atoms with van der Waals surface area (Å²) in [6.07, 6.45) is 0. The molecule has 0 aliphatic carbocycles. The number of benzene rings is 2. The lowest BCUT2D eigenvalue weighted by atomic mass is 10.1. The van der Waals surface area contributed by atoms with Crippen molar-refractivity contribution in [2.24, 2.45) is 0 Å². The molecule has 0 saturated carbocycles. The number of rotatable bonds is 4. The van der Waals surface area contributed by atoms with Gasteiger partial charge in [0.1, 0.15) is 5.82 Å². The molecule has 0 aliphatic rings. The first-order valence-corrected chi connectivity index (χ1v) is 7.34. The molecule has 0 atom stereocenters. The van der Waals surface area contributed by atoms with Gasteiger partial charge >= 0.3 is 5.97 Å². The van der Waals surface area contributed by atoms with Crippen molar-refractivity contribution in [2.75, 3.05) is 11.9 Å². The van der Waals surface area contributed by atoms with Crippen molar-refractivity contribution >= 4 is 33.5 Å². The first kappa shape index (κ1) is 16.2. The molecule has 0 radical (unpaired) electrons. The van der Waals surface area contributed by atoms with Gasteiger partial charge in [0.15, 0.2) is 0 Å².